The summed E-state index contributed by atoms with van der Waals surface area (Å²) in [5, 5.41) is 1.24. The van der Waals surface area contributed by atoms with Gasteiger partial charge in [-0.15, -0.1) is 0 Å². The Morgan fingerprint density at radius 2 is 1.48 bits per heavy atom. The highest BCUT2D eigenvalue weighted by molar-refractivity contribution is 5.96. The number of aryl methyl sites for hydroxylation is 1. The van der Waals surface area contributed by atoms with Crippen molar-refractivity contribution in [2.45, 2.75) is 45.4 Å². The Balaban J connectivity index is 1.70. The van der Waals surface area contributed by atoms with Gasteiger partial charge in [0, 0.05) is 0 Å². The van der Waals surface area contributed by atoms with E-state index >= 15 is 0 Å². The Morgan fingerprint density at radius 3 is 2.21 bits per heavy atom. The van der Waals surface area contributed by atoms with Crippen molar-refractivity contribution in [3.63, 3.8) is 0 Å². The van der Waals surface area contributed by atoms with Crippen molar-refractivity contribution in [1.82, 2.24) is 0 Å². The molecule has 0 spiro atoms. The van der Waals surface area contributed by atoms with Gasteiger partial charge in [0.15, 0.2) is 11.6 Å². The number of benzene rings is 3. The van der Waals surface area contributed by atoms with Gasteiger partial charge >= 0.3 is 5.97 Å². The Bertz CT molecular complexity index is 991. The first-order valence-electron chi connectivity index (χ1n) is 9.87. The van der Waals surface area contributed by atoms with Gasteiger partial charge in [-0.3, -0.25) is 0 Å². The molecule has 3 rings (SSSR count). The summed E-state index contributed by atoms with van der Waals surface area (Å²) in [4.78, 5) is 12.4. The molecule has 0 aliphatic heterocycles. The first-order chi connectivity index (χ1) is 14.0. The molecular weight excluding hydrogens is 377 g/mol. The average Bonchev–Trinajstić information content (AvgIpc) is 2.70. The molecule has 0 amide bonds. The Hall–Kier alpha value is -2.82. The van der Waals surface area contributed by atoms with Crippen LogP contribution in [0.15, 0.2) is 48.5 Å². The lowest BCUT2D eigenvalue weighted by molar-refractivity contribution is 0.0720. The van der Waals surface area contributed by atoms with Crippen LogP contribution in [0.5, 0.6) is 5.75 Å². The molecule has 0 fully saturated rings. The molecule has 0 saturated carbocycles. The molecule has 5 heteroatoms. The van der Waals surface area contributed by atoms with Gasteiger partial charge < -0.3 is 4.74 Å². The summed E-state index contributed by atoms with van der Waals surface area (Å²) >= 11 is 0. The molecule has 0 aromatic heterocycles. The number of hydrogen-bond acceptors (Lipinski definition) is 2. The second-order valence-corrected chi connectivity index (χ2v) is 7.15. The molecule has 3 aromatic carbocycles. The van der Waals surface area contributed by atoms with Gasteiger partial charge in [-0.1, -0.05) is 44.7 Å². The van der Waals surface area contributed by atoms with E-state index in [1.54, 1.807) is 6.07 Å². The number of carbonyl (C=O) groups excluding carboxylic acids is 1. The summed E-state index contributed by atoms with van der Waals surface area (Å²) < 4.78 is 47.0. The van der Waals surface area contributed by atoms with Crippen molar-refractivity contribution in [3.05, 3.63) is 77.1 Å². The quantitative estimate of drug-likeness (QED) is 0.231. The predicted octanol–water partition coefficient (Wildman–Crippen LogP) is 6.99. The SMILES string of the molecule is CCCCCCCc1cc(F)c(OC(=O)c2ccc3cc(F)ccc3c2)c(F)c1. The van der Waals surface area contributed by atoms with Gasteiger partial charge in [-0.2, -0.15) is 0 Å². The molecule has 0 unspecified atom stereocenters. The van der Waals surface area contributed by atoms with E-state index in [4.69, 9.17) is 4.74 Å². The maximum Gasteiger partial charge on any atom is 0.343 e. The molecule has 2 nitrogen and oxygen atoms in total. The lowest BCUT2D eigenvalue weighted by atomic mass is 10.0. The number of hydrogen-bond donors (Lipinski definition) is 0. The highest BCUT2D eigenvalue weighted by Crippen LogP contribution is 2.26. The van der Waals surface area contributed by atoms with Crippen molar-refractivity contribution < 1.29 is 22.7 Å². The third-order valence-corrected chi connectivity index (χ3v) is 4.86. The zero-order chi connectivity index (χ0) is 20.8. The van der Waals surface area contributed by atoms with E-state index in [2.05, 4.69) is 6.92 Å². The standard InChI is InChI=1S/C24H23F3O2/c1-2-3-4-5-6-7-16-12-21(26)23(22(27)13-16)29-24(28)19-9-8-18-15-20(25)11-10-17(18)14-19/h8-15H,2-7H2,1H3. The number of esters is 1. The summed E-state index contributed by atoms with van der Waals surface area (Å²) in [7, 11) is 0. The van der Waals surface area contributed by atoms with Crippen LogP contribution >= 0.6 is 0 Å². The van der Waals surface area contributed by atoms with Crippen LogP contribution in [0.4, 0.5) is 13.2 Å². The topological polar surface area (TPSA) is 26.3 Å². The Kier molecular flexibility index (Phi) is 6.91. The molecule has 0 aliphatic rings. The molecule has 3 aromatic rings. The fourth-order valence-corrected chi connectivity index (χ4v) is 3.28. The molecular formula is C24H23F3O2. The van der Waals surface area contributed by atoms with Gasteiger partial charge in [0.1, 0.15) is 5.82 Å². The Morgan fingerprint density at radius 1 is 0.828 bits per heavy atom. The number of ether oxygens (including phenoxy) is 1. The lowest BCUT2D eigenvalue weighted by Gasteiger charge is -2.10. The van der Waals surface area contributed by atoms with E-state index in [0.717, 1.165) is 32.1 Å². The third kappa shape index (κ3) is 5.37. The van der Waals surface area contributed by atoms with Crippen LogP contribution in [0.3, 0.4) is 0 Å². The zero-order valence-corrected chi connectivity index (χ0v) is 16.3. The lowest BCUT2D eigenvalue weighted by Crippen LogP contribution is -2.11. The van der Waals surface area contributed by atoms with Gasteiger partial charge in [-0.05, 0) is 65.6 Å². The molecule has 29 heavy (non-hydrogen) atoms. The maximum absolute atomic E-state index is 14.4. The van der Waals surface area contributed by atoms with E-state index in [0.29, 0.717) is 22.8 Å². The van der Waals surface area contributed by atoms with Crippen LogP contribution in [-0.4, -0.2) is 5.97 Å². The number of carbonyl (C=O) groups is 1. The number of unbranched alkanes of at least 4 members (excludes halogenated alkanes) is 4. The van der Waals surface area contributed by atoms with Crippen molar-refractivity contribution in [2.24, 2.45) is 0 Å². The second-order valence-electron chi connectivity index (χ2n) is 7.15. The van der Waals surface area contributed by atoms with Crippen LogP contribution in [0, 0.1) is 17.5 Å². The molecule has 152 valence electrons. The summed E-state index contributed by atoms with van der Waals surface area (Å²) in [5.41, 5.74) is 0.673. The average molecular weight is 400 g/mol. The molecule has 0 N–H and O–H groups in total. The number of halogens is 3. The summed E-state index contributed by atoms with van der Waals surface area (Å²) in [6.45, 7) is 2.13. The molecule has 0 radical (unpaired) electrons. The van der Waals surface area contributed by atoms with E-state index in [-0.39, 0.29) is 11.4 Å². The van der Waals surface area contributed by atoms with Crippen molar-refractivity contribution in [1.29, 1.82) is 0 Å². The minimum absolute atomic E-state index is 0.128. The summed E-state index contributed by atoms with van der Waals surface area (Å²) in [5.74, 6) is -3.76. The van der Waals surface area contributed by atoms with Gasteiger partial charge in [0.05, 0.1) is 5.56 Å². The highest BCUT2D eigenvalue weighted by Gasteiger charge is 2.18. The van der Waals surface area contributed by atoms with E-state index in [9.17, 15) is 18.0 Å². The monoisotopic (exact) mass is 400 g/mol. The minimum atomic E-state index is -0.898. The Labute approximate surface area is 168 Å². The second kappa shape index (κ2) is 9.59. The van der Waals surface area contributed by atoms with E-state index < -0.39 is 23.4 Å². The first-order valence-corrected chi connectivity index (χ1v) is 9.87. The fourth-order valence-electron chi connectivity index (χ4n) is 3.28. The van der Waals surface area contributed by atoms with E-state index in [1.807, 2.05) is 0 Å². The summed E-state index contributed by atoms with van der Waals surface area (Å²) in [6, 6.07) is 11.1. The zero-order valence-electron chi connectivity index (χ0n) is 16.3. The molecule has 0 heterocycles. The molecule has 0 bridgehead atoms. The minimum Gasteiger partial charge on any atom is -0.417 e. The van der Waals surface area contributed by atoms with Gasteiger partial charge in [0.25, 0.3) is 0 Å². The smallest absolute Gasteiger partial charge is 0.343 e. The summed E-state index contributed by atoms with van der Waals surface area (Å²) in [6.07, 6.45) is 5.84. The largest absolute Gasteiger partial charge is 0.417 e. The molecule has 0 aliphatic carbocycles. The van der Waals surface area contributed by atoms with Crippen LogP contribution in [-0.2, 0) is 6.42 Å². The number of fused-ring (bicyclic) bond motifs is 1. The first kappa shape index (κ1) is 20.9. The van der Waals surface area contributed by atoms with Crippen molar-refractivity contribution >= 4 is 16.7 Å². The van der Waals surface area contributed by atoms with E-state index in [1.165, 1.54) is 42.5 Å². The van der Waals surface area contributed by atoms with Crippen LogP contribution in [0.25, 0.3) is 10.8 Å². The van der Waals surface area contributed by atoms with Crippen molar-refractivity contribution in [3.8, 4) is 5.75 Å². The van der Waals surface area contributed by atoms with Crippen LogP contribution < -0.4 is 4.74 Å². The third-order valence-electron chi connectivity index (χ3n) is 4.86. The van der Waals surface area contributed by atoms with Crippen molar-refractivity contribution in [2.75, 3.05) is 0 Å². The fraction of sp³-hybridized carbons (Fsp3) is 0.292. The van der Waals surface area contributed by atoms with Crippen LogP contribution in [0.1, 0.15) is 54.9 Å². The van der Waals surface area contributed by atoms with Gasteiger partial charge in [0.2, 0.25) is 5.75 Å². The maximum atomic E-state index is 14.4. The number of rotatable bonds is 8. The molecule has 0 atom stereocenters. The highest BCUT2D eigenvalue weighted by atomic mass is 19.1. The normalized spacial score (nSPS) is 11.0. The van der Waals surface area contributed by atoms with Gasteiger partial charge in [-0.25, -0.2) is 18.0 Å². The predicted molar refractivity (Wildman–Crippen MR) is 108 cm³/mol. The van der Waals surface area contributed by atoms with Crippen LogP contribution in [0.2, 0.25) is 0 Å². The molecule has 0 saturated heterocycles.